The minimum absolute atomic E-state index is 0.176. The second-order valence-electron chi connectivity index (χ2n) is 6.08. The molecule has 5 heteroatoms. The predicted octanol–water partition coefficient (Wildman–Crippen LogP) is 2.40. The lowest BCUT2D eigenvalue weighted by Crippen LogP contribution is -2.51. The number of piperazine rings is 1. The van der Waals surface area contributed by atoms with Crippen LogP contribution in [-0.2, 0) is 11.2 Å². The fourth-order valence-electron chi connectivity index (χ4n) is 2.95. The van der Waals surface area contributed by atoms with Crippen LogP contribution in [0.25, 0.3) is 11.3 Å². The molecular weight excluding hydrogens is 290 g/mol. The number of nitrogens with zero attached hydrogens (tertiary/aromatic N) is 2. The van der Waals surface area contributed by atoms with Crippen molar-refractivity contribution in [3.8, 4) is 11.3 Å². The number of hydrogen-bond acceptors (Lipinski definition) is 4. The predicted molar refractivity (Wildman–Crippen MR) is 89.0 cm³/mol. The molecule has 3 rings (SSSR count). The van der Waals surface area contributed by atoms with E-state index >= 15 is 0 Å². The molecule has 1 aliphatic rings. The zero-order valence-electron chi connectivity index (χ0n) is 13.7. The number of hydrogen-bond donors (Lipinski definition) is 1. The third-order valence-corrected chi connectivity index (χ3v) is 4.15. The second kappa shape index (κ2) is 6.96. The molecule has 0 radical (unpaired) electrons. The molecule has 1 saturated heterocycles. The van der Waals surface area contributed by atoms with Crippen LogP contribution in [0.5, 0.6) is 0 Å². The third kappa shape index (κ3) is 3.79. The van der Waals surface area contributed by atoms with Crippen molar-refractivity contribution >= 4 is 5.91 Å². The fourth-order valence-corrected chi connectivity index (χ4v) is 2.95. The van der Waals surface area contributed by atoms with Gasteiger partial charge in [-0.3, -0.25) is 4.79 Å². The molecule has 1 unspecified atom stereocenters. The number of amides is 1. The number of oxazole rings is 1. The van der Waals surface area contributed by atoms with Crippen LogP contribution in [0.2, 0.25) is 0 Å². The van der Waals surface area contributed by atoms with E-state index in [1.807, 2.05) is 42.2 Å². The Bertz CT molecular complexity index is 666. The molecule has 1 fully saturated rings. The Morgan fingerprint density at radius 1 is 1.39 bits per heavy atom. The first-order valence-corrected chi connectivity index (χ1v) is 8.16. The zero-order valence-corrected chi connectivity index (χ0v) is 13.7. The molecule has 1 aromatic carbocycles. The van der Waals surface area contributed by atoms with Gasteiger partial charge in [-0.25, -0.2) is 4.98 Å². The summed E-state index contributed by atoms with van der Waals surface area (Å²) in [4.78, 5) is 18.7. The molecule has 0 bridgehead atoms. The normalized spacial score (nSPS) is 18.2. The first kappa shape index (κ1) is 15.7. The van der Waals surface area contributed by atoms with Crippen molar-refractivity contribution in [3.05, 3.63) is 41.9 Å². The number of aromatic nitrogens is 1. The number of nitrogens with one attached hydrogen (secondary N) is 1. The van der Waals surface area contributed by atoms with Gasteiger partial charge in [-0.1, -0.05) is 30.3 Å². The van der Waals surface area contributed by atoms with Gasteiger partial charge in [-0.15, -0.1) is 0 Å². The maximum absolute atomic E-state index is 12.3. The Balaban J connectivity index is 1.62. The van der Waals surface area contributed by atoms with E-state index in [1.54, 1.807) is 0 Å². The SMILES string of the molecule is Cc1nc(CCC(=O)N2CCNC(C)C2)oc1-c1ccccc1. The van der Waals surface area contributed by atoms with E-state index in [4.69, 9.17) is 4.42 Å². The molecule has 122 valence electrons. The van der Waals surface area contributed by atoms with Gasteiger partial charge in [0.1, 0.15) is 0 Å². The van der Waals surface area contributed by atoms with Crippen molar-refractivity contribution in [1.82, 2.24) is 15.2 Å². The van der Waals surface area contributed by atoms with Crippen molar-refractivity contribution in [2.24, 2.45) is 0 Å². The Morgan fingerprint density at radius 2 is 2.17 bits per heavy atom. The second-order valence-corrected chi connectivity index (χ2v) is 6.08. The minimum Gasteiger partial charge on any atom is -0.440 e. The lowest BCUT2D eigenvalue weighted by molar-refractivity contribution is -0.132. The average Bonchev–Trinajstić information content (AvgIpc) is 2.94. The van der Waals surface area contributed by atoms with Crippen LogP contribution in [0.1, 0.15) is 24.9 Å². The van der Waals surface area contributed by atoms with Crippen LogP contribution in [0, 0.1) is 6.92 Å². The Hall–Kier alpha value is -2.14. The van der Waals surface area contributed by atoms with E-state index in [0.717, 1.165) is 36.7 Å². The molecule has 2 heterocycles. The van der Waals surface area contributed by atoms with Crippen molar-refractivity contribution in [2.45, 2.75) is 32.7 Å². The summed E-state index contributed by atoms with van der Waals surface area (Å²) in [5.74, 6) is 1.61. The van der Waals surface area contributed by atoms with Crippen LogP contribution in [0.4, 0.5) is 0 Å². The molecule has 0 aliphatic carbocycles. The van der Waals surface area contributed by atoms with Gasteiger partial charge in [-0.05, 0) is 13.8 Å². The van der Waals surface area contributed by atoms with Crippen molar-refractivity contribution in [2.75, 3.05) is 19.6 Å². The lowest BCUT2D eigenvalue weighted by atomic mass is 10.1. The number of carbonyl (C=O) groups excluding carboxylic acids is 1. The van der Waals surface area contributed by atoms with Gasteiger partial charge in [0.05, 0.1) is 5.69 Å². The van der Waals surface area contributed by atoms with Crippen molar-refractivity contribution < 1.29 is 9.21 Å². The van der Waals surface area contributed by atoms with E-state index in [0.29, 0.717) is 24.8 Å². The van der Waals surface area contributed by atoms with Crippen LogP contribution >= 0.6 is 0 Å². The first-order valence-electron chi connectivity index (χ1n) is 8.16. The number of aryl methyl sites for hydroxylation is 2. The molecule has 0 saturated carbocycles. The quantitative estimate of drug-likeness (QED) is 0.941. The average molecular weight is 313 g/mol. The Morgan fingerprint density at radius 3 is 2.91 bits per heavy atom. The summed E-state index contributed by atoms with van der Waals surface area (Å²) in [5, 5.41) is 3.34. The molecule has 1 atom stereocenters. The van der Waals surface area contributed by atoms with E-state index < -0.39 is 0 Å². The van der Waals surface area contributed by atoms with Gasteiger partial charge in [-0.2, -0.15) is 0 Å². The topological polar surface area (TPSA) is 58.4 Å². The molecule has 1 aliphatic heterocycles. The van der Waals surface area contributed by atoms with Gasteiger partial charge in [0, 0.05) is 44.1 Å². The van der Waals surface area contributed by atoms with Crippen molar-refractivity contribution in [1.29, 1.82) is 0 Å². The van der Waals surface area contributed by atoms with E-state index in [9.17, 15) is 4.79 Å². The highest BCUT2D eigenvalue weighted by Gasteiger charge is 2.21. The summed E-state index contributed by atoms with van der Waals surface area (Å²) in [5.41, 5.74) is 1.89. The Kier molecular flexibility index (Phi) is 4.76. The fraction of sp³-hybridized carbons (Fsp3) is 0.444. The standard InChI is InChI=1S/C18H23N3O2/c1-13-12-21(11-10-19-13)17(22)9-8-16-20-14(2)18(23-16)15-6-4-3-5-7-15/h3-7,13,19H,8-12H2,1-2H3. The highest BCUT2D eigenvalue weighted by atomic mass is 16.4. The lowest BCUT2D eigenvalue weighted by Gasteiger charge is -2.31. The molecule has 2 aromatic rings. The Labute approximate surface area is 136 Å². The highest BCUT2D eigenvalue weighted by molar-refractivity contribution is 5.76. The van der Waals surface area contributed by atoms with E-state index in [1.165, 1.54) is 0 Å². The molecule has 5 nitrogen and oxygen atoms in total. The summed E-state index contributed by atoms with van der Waals surface area (Å²) in [7, 11) is 0. The summed E-state index contributed by atoms with van der Waals surface area (Å²) in [6, 6.07) is 10.3. The monoisotopic (exact) mass is 313 g/mol. The summed E-state index contributed by atoms with van der Waals surface area (Å²) in [6.45, 7) is 6.46. The molecular formula is C18H23N3O2. The van der Waals surface area contributed by atoms with Crippen LogP contribution < -0.4 is 5.32 Å². The smallest absolute Gasteiger partial charge is 0.223 e. The third-order valence-electron chi connectivity index (χ3n) is 4.15. The van der Waals surface area contributed by atoms with E-state index in [2.05, 4.69) is 17.2 Å². The molecule has 0 spiro atoms. The van der Waals surface area contributed by atoms with Crippen LogP contribution in [0.15, 0.2) is 34.7 Å². The van der Waals surface area contributed by atoms with Gasteiger partial charge < -0.3 is 14.6 Å². The van der Waals surface area contributed by atoms with Crippen LogP contribution in [-0.4, -0.2) is 41.5 Å². The summed E-state index contributed by atoms with van der Waals surface area (Å²) < 4.78 is 5.87. The minimum atomic E-state index is 0.176. The van der Waals surface area contributed by atoms with Crippen molar-refractivity contribution in [3.63, 3.8) is 0 Å². The van der Waals surface area contributed by atoms with Gasteiger partial charge in [0.15, 0.2) is 11.7 Å². The molecule has 1 N–H and O–H groups in total. The number of rotatable bonds is 4. The van der Waals surface area contributed by atoms with E-state index in [-0.39, 0.29) is 5.91 Å². The number of benzene rings is 1. The molecule has 23 heavy (non-hydrogen) atoms. The highest BCUT2D eigenvalue weighted by Crippen LogP contribution is 2.24. The first-order chi connectivity index (χ1) is 11.1. The summed E-state index contributed by atoms with van der Waals surface area (Å²) >= 11 is 0. The largest absolute Gasteiger partial charge is 0.440 e. The molecule has 1 aromatic heterocycles. The van der Waals surface area contributed by atoms with Gasteiger partial charge in [0.25, 0.3) is 0 Å². The zero-order chi connectivity index (χ0) is 16.2. The maximum atomic E-state index is 12.3. The summed E-state index contributed by atoms with van der Waals surface area (Å²) in [6.07, 6.45) is 0.992. The van der Waals surface area contributed by atoms with Gasteiger partial charge in [0.2, 0.25) is 5.91 Å². The van der Waals surface area contributed by atoms with Gasteiger partial charge >= 0.3 is 0 Å². The molecule has 1 amide bonds. The van der Waals surface area contributed by atoms with Crippen LogP contribution in [0.3, 0.4) is 0 Å². The number of carbonyl (C=O) groups is 1. The maximum Gasteiger partial charge on any atom is 0.223 e.